The molecular weight excluding hydrogens is 510 g/mol. The number of hydrogen-bond donors (Lipinski definition) is 3. The first-order chi connectivity index (χ1) is 18.2. The van der Waals surface area contributed by atoms with E-state index >= 15 is 0 Å². The molecule has 3 aromatic heterocycles. The molecule has 1 atom stereocenters. The highest BCUT2D eigenvalue weighted by molar-refractivity contribution is 8.01. The van der Waals surface area contributed by atoms with Crippen LogP contribution < -0.4 is 20.1 Å². The number of ether oxygens (including phenoxy) is 2. The number of anilines is 1. The molecule has 4 rings (SSSR count). The van der Waals surface area contributed by atoms with Crippen molar-refractivity contribution >= 4 is 34.9 Å². The van der Waals surface area contributed by atoms with E-state index < -0.39 is 0 Å². The Bertz CT molecular complexity index is 1140. The first kappa shape index (κ1) is 27.2. The Labute approximate surface area is 225 Å². The molecule has 1 fully saturated rings. The van der Waals surface area contributed by atoms with Crippen molar-refractivity contribution in [2.24, 2.45) is 0 Å². The highest BCUT2D eigenvalue weighted by Crippen LogP contribution is 2.34. The second-order valence-corrected chi connectivity index (χ2v) is 10.6. The summed E-state index contributed by atoms with van der Waals surface area (Å²) in [5, 5.41) is 7.24. The van der Waals surface area contributed by atoms with E-state index in [0.717, 1.165) is 29.2 Å². The number of likely N-dealkylation sites (N-methyl/N-ethyl adjacent to an activating group) is 1. The van der Waals surface area contributed by atoms with Gasteiger partial charge in [-0.05, 0) is 63.7 Å². The van der Waals surface area contributed by atoms with Crippen LogP contribution in [0, 0.1) is 0 Å². The van der Waals surface area contributed by atoms with Crippen LogP contribution in [0.4, 0.5) is 5.69 Å². The predicted octanol–water partition coefficient (Wildman–Crippen LogP) is 4.10. The molecule has 1 amide bonds. The van der Waals surface area contributed by atoms with Crippen molar-refractivity contribution in [3.05, 3.63) is 47.6 Å². The van der Waals surface area contributed by atoms with Gasteiger partial charge in [-0.2, -0.15) is 0 Å². The first-order valence-corrected chi connectivity index (χ1v) is 14.2. The monoisotopic (exact) mass is 543 g/mol. The summed E-state index contributed by atoms with van der Waals surface area (Å²) in [5.41, 5.74) is 2.40. The fourth-order valence-electron chi connectivity index (χ4n) is 3.40. The minimum atomic E-state index is -0.276. The minimum Gasteiger partial charge on any atom is -0.477 e. The minimum absolute atomic E-state index is 0.251. The summed E-state index contributed by atoms with van der Waals surface area (Å²) in [7, 11) is 1.90. The van der Waals surface area contributed by atoms with Crippen molar-refractivity contribution in [3.63, 3.8) is 0 Å². The number of amides is 1. The normalized spacial score (nSPS) is 13.8. The van der Waals surface area contributed by atoms with Crippen molar-refractivity contribution in [2.75, 3.05) is 38.1 Å². The molecule has 12 heteroatoms. The van der Waals surface area contributed by atoms with E-state index in [4.69, 9.17) is 9.47 Å². The molecule has 10 nitrogen and oxygen atoms in total. The smallest absolute Gasteiger partial charge is 0.280 e. The largest absolute Gasteiger partial charge is 0.477 e. The van der Waals surface area contributed by atoms with Crippen LogP contribution in [0.3, 0.4) is 0 Å². The lowest BCUT2D eigenvalue weighted by molar-refractivity contribution is 0.0924. The third-order valence-electron chi connectivity index (χ3n) is 5.45. The maximum absolute atomic E-state index is 13.2. The van der Waals surface area contributed by atoms with Gasteiger partial charge in [0.2, 0.25) is 5.88 Å². The molecule has 3 N–H and O–H groups in total. The van der Waals surface area contributed by atoms with Crippen LogP contribution in [-0.2, 0) is 4.74 Å². The van der Waals surface area contributed by atoms with Gasteiger partial charge in [0.05, 0.1) is 42.2 Å². The van der Waals surface area contributed by atoms with Crippen molar-refractivity contribution in [1.82, 2.24) is 30.6 Å². The Morgan fingerprint density at radius 3 is 2.95 bits per heavy atom. The van der Waals surface area contributed by atoms with Crippen LogP contribution in [0.15, 0.2) is 36.9 Å². The summed E-state index contributed by atoms with van der Waals surface area (Å²) >= 11 is 3.01. The Morgan fingerprint density at radius 2 is 2.14 bits per heavy atom. The van der Waals surface area contributed by atoms with Crippen LogP contribution in [0.2, 0.25) is 0 Å². The molecule has 198 valence electrons. The number of nitrogens with one attached hydrogen (secondary N) is 3. The summed E-state index contributed by atoms with van der Waals surface area (Å²) in [6, 6.07) is 3.68. The third-order valence-corrected chi connectivity index (χ3v) is 7.62. The topological polar surface area (TPSA) is 123 Å². The Balaban J connectivity index is 1.43. The number of nitrogens with zero attached hydrogens (tertiary/aromatic N) is 4. The summed E-state index contributed by atoms with van der Waals surface area (Å²) < 4.78 is 14.5. The van der Waals surface area contributed by atoms with Gasteiger partial charge in [0, 0.05) is 36.5 Å². The van der Waals surface area contributed by atoms with Crippen LogP contribution in [0.1, 0.15) is 54.1 Å². The van der Waals surface area contributed by atoms with Gasteiger partial charge >= 0.3 is 0 Å². The molecular formula is C25H33N7O3S2. The van der Waals surface area contributed by atoms with Gasteiger partial charge in [-0.1, -0.05) is 0 Å². The molecule has 0 spiro atoms. The van der Waals surface area contributed by atoms with E-state index in [1.165, 1.54) is 24.2 Å². The number of carbonyl (C=O) groups is 1. The van der Waals surface area contributed by atoms with Gasteiger partial charge in [0.15, 0.2) is 5.01 Å². The van der Waals surface area contributed by atoms with Crippen LogP contribution in [0.25, 0.3) is 10.6 Å². The number of thiazole rings is 1. The van der Waals surface area contributed by atoms with Gasteiger partial charge in [-0.25, -0.2) is 9.97 Å². The average Bonchev–Trinajstić information content (AvgIpc) is 3.62. The van der Waals surface area contributed by atoms with Crippen LogP contribution in [0.5, 0.6) is 5.88 Å². The SMILES string of the molecule is CCOc1cncc(-c2cnc(C(=O)NC(CCCOCCNC)c3cc(NSC4CC4)ccn3)s2)n1. The van der Waals surface area contributed by atoms with E-state index in [-0.39, 0.29) is 11.9 Å². The highest BCUT2D eigenvalue weighted by Gasteiger charge is 2.23. The second-order valence-electron chi connectivity index (χ2n) is 8.48. The standard InChI is InChI=1S/C25H33N7O3S2/c1-3-35-23-16-27-14-21(30-23)22-15-29-25(36-22)24(33)31-19(5-4-11-34-12-10-26-2)20-13-17(8-9-28-20)32-37-18-6-7-18/h8-9,13-16,18-19,26H,3-7,10-12H2,1-2H3,(H,28,32)(H,31,33). The Hall–Kier alpha value is -2.80. The van der Waals surface area contributed by atoms with Crippen LogP contribution >= 0.6 is 23.3 Å². The molecule has 0 saturated heterocycles. The second kappa shape index (κ2) is 14.2. The average molecular weight is 544 g/mol. The molecule has 1 aliphatic carbocycles. The van der Waals surface area contributed by atoms with Gasteiger partial charge in [0.1, 0.15) is 5.69 Å². The molecule has 37 heavy (non-hydrogen) atoms. The van der Waals surface area contributed by atoms with Gasteiger partial charge in [-0.15, -0.1) is 11.3 Å². The predicted molar refractivity (Wildman–Crippen MR) is 147 cm³/mol. The van der Waals surface area contributed by atoms with Gasteiger partial charge < -0.3 is 24.8 Å². The summed E-state index contributed by atoms with van der Waals surface area (Å²) in [6.07, 6.45) is 10.6. The molecule has 1 aliphatic rings. The molecule has 1 unspecified atom stereocenters. The van der Waals surface area contributed by atoms with E-state index in [2.05, 4.69) is 35.3 Å². The van der Waals surface area contributed by atoms with E-state index in [0.29, 0.717) is 48.1 Å². The number of rotatable bonds is 16. The lowest BCUT2D eigenvalue weighted by Crippen LogP contribution is -2.29. The van der Waals surface area contributed by atoms with Crippen molar-refractivity contribution in [1.29, 1.82) is 0 Å². The van der Waals surface area contributed by atoms with Crippen molar-refractivity contribution in [3.8, 4) is 16.5 Å². The zero-order valence-corrected chi connectivity index (χ0v) is 22.7. The summed E-state index contributed by atoms with van der Waals surface area (Å²) in [5.74, 6) is 0.189. The Morgan fingerprint density at radius 1 is 1.24 bits per heavy atom. The fraction of sp³-hybridized carbons (Fsp3) is 0.480. The zero-order chi connectivity index (χ0) is 25.9. The van der Waals surface area contributed by atoms with Gasteiger partial charge in [0.25, 0.3) is 5.91 Å². The molecule has 0 bridgehead atoms. The van der Waals surface area contributed by atoms with E-state index in [9.17, 15) is 4.79 Å². The quantitative estimate of drug-likeness (QED) is 0.180. The molecule has 3 aromatic rings. The maximum atomic E-state index is 13.2. The maximum Gasteiger partial charge on any atom is 0.280 e. The summed E-state index contributed by atoms with van der Waals surface area (Å²) in [6.45, 7) is 4.46. The third kappa shape index (κ3) is 8.63. The zero-order valence-electron chi connectivity index (χ0n) is 21.1. The lowest BCUT2D eigenvalue weighted by atomic mass is 10.1. The first-order valence-electron chi connectivity index (χ1n) is 12.5. The number of carbonyl (C=O) groups excluding carboxylic acids is 1. The van der Waals surface area contributed by atoms with E-state index in [1.807, 2.05) is 26.1 Å². The van der Waals surface area contributed by atoms with Crippen molar-refractivity contribution in [2.45, 2.75) is 43.9 Å². The van der Waals surface area contributed by atoms with Crippen molar-refractivity contribution < 1.29 is 14.3 Å². The highest BCUT2D eigenvalue weighted by atomic mass is 32.2. The molecule has 0 aromatic carbocycles. The van der Waals surface area contributed by atoms with E-state index in [1.54, 1.807) is 36.7 Å². The number of pyridine rings is 1. The molecule has 0 aliphatic heterocycles. The van der Waals surface area contributed by atoms with Crippen LogP contribution in [-0.4, -0.2) is 64.5 Å². The molecule has 1 saturated carbocycles. The Kier molecular flexibility index (Phi) is 10.5. The number of hydrogen-bond acceptors (Lipinski definition) is 11. The van der Waals surface area contributed by atoms with Gasteiger partial charge in [-0.3, -0.25) is 14.8 Å². The summed E-state index contributed by atoms with van der Waals surface area (Å²) in [4.78, 5) is 31.5. The lowest BCUT2D eigenvalue weighted by Gasteiger charge is -2.19. The number of aromatic nitrogens is 4. The molecule has 3 heterocycles. The molecule has 0 radical (unpaired) electrons. The fourth-order valence-corrected chi connectivity index (χ4v) is 4.98.